The van der Waals surface area contributed by atoms with E-state index in [-0.39, 0.29) is 0 Å². The second-order valence-corrected chi connectivity index (χ2v) is 4.08. The van der Waals surface area contributed by atoms with Crippen LogP contribution in [0.4, 0.5) is 0 Å². The molecule has 0 aliphatic rings. The molecule has 2 heteroatoms. The highest BCUT2D eigenvalue weighted by Crippen LogP contribution is 1.68. The molecule has 0 spiro atoms. The first-order valence-electron chi connectivity index (χ1n) is 5.88. The molecule has 0 aliphatic heterocycles. The summed E-state index contributed by atoms with van der Waals surface area (Å²) in [6.45, 7) is 1.37. The van der Waals surface area contributed by atoms with Gasteiger partial charge in [-0.2, -0.15) is 0 Å². The summed E-state index contributed by atoms with van der Waals surface area (Å²) < 4.78 is 0. The van der Waals surface area contributed by atoms with Crippen LogP contribution in [0.3, 0.4) is 0 Å². The highest BCUT2D eigenvalue weighted by molar-refractivity contribution is 5.44. The molecule has 0 fully saturated rings. The van der Waals surface area contributed by atoms with Crippen molar-refractivity contribution in [3.05, 3.63) is 0 Å². The molecule has 0 rings (SSSR count). The molecule has 20 heavy (non-hydrogen) atoms. The summed E-state index contributed by atoms with van der Waals surface area (Å²) in [6.07, 6.45) is 0. The SMILES string of the molecule is CN(C)CC#CC#CC#CC#CC#CC#CCN(C)C. The van der Waals surface area contributed by atoms with E-state index >= 15 is 0 Å². The zero-order valence-corrected chi connectivity index (χ0v) is 12.3. The molecule has 0 aromatic rings. The van der Waals surface area contributed by atoms with E-state index in [0.717, 1.165) is 0 Å². The summed E-state index contributed by atoms with van der Waals surface area (Å²) in [5.74, 6) is 31.9. The standard InChI is InChI=1S/C18H16N2/c1-19(2)17-15-13-11-9-7-5-6-8-10-12-14-16-18-20(3)4/h17-18H2,1-4H3. The number of nitrogens with zero attached hydrogens (tertiary/aromatic N) is 2. The number of rotatable bonds is 2. The number of hydrogen-bond donors (Lipinski definition) is 0. The predicted molar refractivity (Wildman–Crippen MR) is 83.8 cm³/mol. The van der Waals surface area contributed by atoms with Gasteiger partial charge in [0.1, 0.15) is 0 Å². The van der Waals surface area contributed by atoms with Crippen LogP contribution >= 0.6 is 0 Å². The Labute approximate surface area is 122 Å². The lowest BCUT2D eigenvalue weighted by Crippen LogP contribution is -2.10. The minimum atomic E-state index is 0.687. The fourth-order valence-corrected chi connectivity index (χ4v) is 0.734. The molecule has 0 aromatic carbocycles. The molecule has 0 aromatic heterocycles. The third-order valence-electron chi connectivity index (χ3n) is 1.53. The second kappa shape index (κ2) is 12.7. The first-order valence-corrected chi connectivity index (χ1v) is 5.88. The van der Waals surface area contributed by atoms with Gasteiger partial charge in [0.15, 0.2) is 0 Å². The smallest absolute Gasteiger partial charge is 0.0606 e. The molecule has 0 N–H and O–H groups in total. The Balaban J connectivity index is 4.13. The molecule has 2 nitrogen and oxygen atoms in total. The van der Waals surface area contributed by atoms with Crippen LogP contribution in [0.5, 0.6) is 0 Å². The third-order valence-corrected chi connectivity index (χ3v) is 1.53. The lowest BCUT2D eigenvalue weighted by molar-refractivity contribution is 0.464. The normalized spacial score (nSPS) is 6.90. The van der Waals surface area contributed by atoms with Gasteiger partial charge in [-0.15, -0.1) is 0 Å². The molecule has 0 bridgehead atoms. The summed E-state index contributed by atoms with van der Waals surface area (Å²) in [5, 5.41) is 0. The van der Waals surface area contributed by atoms with Gasteiger partial charge in [-0.3, -0.25) is 9.80 Å². The van der Waals surface area contributed by atoms with Gasteiger partial charge in [0.25, 0.3) is 0 Å². The summed E-state index contributed by atoms with van der Waals surface area (Å²) in [6, 6.07) is 0. The molecular formula is C18H16N2. The fraction of sp³-hybridized carbons (Fsp3) is 0.333. The van der Waals surface area contributed by atoms with Gasteiger partial charge in [0.05, 0.1) is 13.1 Å². The van der Waals surface area contributed by atoms with Gasteiger partial charge in [-0.25, -0.2) is 0 Å². The van der Waals surface area contributed by atoms with E-state index in [9.17, 15) is 0 Å². The quantitative estimate of drug-likeness (QED) is 0.651. The molecular weight excluding hydrogens is 244 g/mol. The van der Waals surface area contributed by atoms with E-state index in [0.29, 0.717) is 13.1 Å². The zero-order chi connectivity index (χ0) is 15.1. The van der Waals surface area contributed by atoms with Crippen LogP contribution in [-0.2, 0) is 0 Å². The molecule has 0 heterocycles. The molecule has 0 amide bonds. The molecule has 0 radical (unpaired) electrons. The first-order chi connectivity index (χ1) is 9.63. The minimum absolute atomic E-state index is 0.687. The summed E-state index contributed by atoms with van der Waals surface area (Å²) in [5.41, 5.74) is 0. The van der Waals surface area contributed by atoms with Crippen LogP contribution in [-0.4, -0.2) is 51.1 Å². The van der Waals surface area contributed by atoms with Gasteiger partial charge in [-0.1, -0.05) is 11.8 Å². The molecule has 0 aliphatic carbocycles. The lowest BCUT2D eigenvalue weighted by atomic mass is 10.4. The second-order valence-electron chi connectivity index (χ2n) is 4.08. The Morgan fingerprint density at radius 1 is 0.450 bits per heavy atom. The lowest BCUT2D eigenvalue weighted by Gasteiger charge is -1.99. The van der Waals surface area contributed by atoms with Gasteiger partial charge in [-0.05, 0) is 87.4 Å². The maximum atomic E-state index is 2.88. The van der Waals surface area contributed by atoms with Gasteiger partial charge >= 0.3 is 0 Å². The Hall–Kier alpha value is -2.72. The largest absolute Gasteiger partial charge is 0.298 e. The van der Waals surface area contributed by atoms with Crippen LogP contribution in [0.2, 0.25) is 0 Å². The van der Waals surface area contributed by atoms with Crippen LogP contribution in [0.15, 0.2) is 0 Å². The Kier molecular flexibility index (Phi) is 11.0. The van der Waals surface area contributed by atoms with Crippen molar-refractivity contribution in [3.8, 4) is 71.0 Å². The van der Waals surface area contributed by atoms with Crippen molar-refractivity contribution in [1.29, 1.82) is 0 Å². The van der Waals surface area contributed by atoms with Crippen LogP contribution in [0.25, 0.3) is 0 Å². The maximum absolute atomic E-state index is 2.88. The van der Waals surface area contributed by atoms with Gasteiger partial charge < -0.3 is 0 Å². The monoisotopic (exact) mass is 260 g/mol. The molecule has 98 valence electrons. The highest BCUT2D eigenvalue weighted by atomic mass is 15.0. The van der Waals surface area contributed by atoms with E-state index < -0.39 is 0 Å². The van der Waals surface area contributed by atoms with Crippen LogP contribution in [0.1, 0.15) is 0 Å². The van der Waals surface area contributed by atoms with Crippen molar-refractivity contribution in [2.24, 2.45) is 0 Å². The topological polar surface area (TPSA) is 6.48 Å². The van der Waals surface area contributed by atoms with Crippen molar-refractivity contribution < 1.29 is 0 Å². The van der Waals surface area contributed by atoms with Crippen molar-refractivity contribution in [3.63, 3.8) is 0 Å². The van der Waals surface area contributed by atoms with Crippen molar-refractivity contribution >= 4 is 0 Å². The average molecular weight is 260 g/mol. The Bertz CT molecular complexity index is 596. The molecule has 0 unspecified atom stereocenters. The van der Waals surface area contributed by atoms with Crippen molar-refractivity contribution in [2.45, 2.75) is 0 Å². The van der Waals surface area contributed by atoms with Crippen molar-refractivity contribution in [2.75, 3.05) is 41.3 Å². The van der Waals surface area contributed by atoms with E-state index in [1.54, 1.807) is 0 Å². The van der Waals surface area contributed by atoms with E-state index in [1.165, 1.54) is 0 Å². The zero-order valence-electron chi connectivity index (χ0n) is 12.3. The number of hydrogen-bond acceptors (Lipinski definition) is 2. The van der Waals surface area contributed by atoms with E-state index in [4.69, 9.17) is 0 Å². The Morgan fingerprint density at radius 2 is 0.700 bits per heavy atom. The fourth-order valence-electron chi connectivity index (χ4n) is 0.734. The predicted octanol–water partition coefficient (Wildman–Crippen LogP) is 0.130. The molecule has 0 atom stereocenters. The van der Waals surface area contributed by atoms with Gasteiger partial charge in [0.2, 0.25) is 0 Å². The summed E-state index contributed by atoms with van der Waals surface area (Å²) in [7, 11) is 7.79. The van der Waals surface area contributed by atoms with E-state index in [2.05, 4.69) is 71.0 Å². The third kappa shape index (κ3) is 15.3. The Morgan fingerprint density at radius 3 is 0.950 bits per heavy atom. The summed E-state index contributed by atoms with van der Waals surface area (Å²) in [4.78, 5) is 3.93. The maximum Gasteiger partial charge on any atom is 0.0606 e. The average Bonchev–Trinajstić information content (AvgIpc) is 2.38. The van der Waals surface area contributed by atoms with Crippen LogP contribution < -0.4 is 0 Å². The van der Waals surface area contributed by atoms with Crippen molar-refractivity contribution in [1.82, 2.24) is 9.80 Å². The first kappa shape index (κ1) is 17.3. The molecule has 0 saturated carbocycles. The summed E-state index contributed by atoms with van der Waals surface area (Å²) >= 11 is 0. The van der Waals surface area contributed by atoms with Gasteiger partial charge in [0, 0.05) is 0 Å². The molecule has 0 saturated heterocycles. The van der Waals surface area contributed by atoms with E-state index in [1.807, 2.05) is 38.0 Å². The highest BCUT2D eigenvalue weighted by Gasteiger charge is 1.78. The minimum Gasteiger partial charge on any atom is -0.298 e. The van der Waals surface area contributed by atoms with Crippen LogP contribution in [0, 0.1) is 71.0 Å².